The van der Waals surface area contributed by atoms with Crippen LogP contribution in [0.25, 0.3) is 0 Å². The first-order valence-corrected chi connectivity index (χ1v) is 5.93. The Morgan fingerprint density at radius 1 is 1.24 bits per heavy atom. The first-order valence-electron chi connectivity index (χ1n) is 5.93. The second kappa shape index (κ2) is 4.59. The van der Waals surface area contributed by atoms with Gasteiger partial charge in [-0.25, -0.2) is 13.2 Å². The van der Waals surface area contributed by atoms with Crippen molar-refractivity contribution in [3.8, 4) is 0 Å². The molecule has 1 saturated heterocycles. The van der Waals surface area contributed by atoms with E-state index in [1.807, 2.05) is 13.0 Å². The van der Waals surface area contributed by atoms with Crippen molar-refractivity contribution in [3.63, 3.8) is 0 Å². The Hall–Kier alpha value is -1.19. The Balaban J connectivity index is 2.13. The topological polar surface area (TPSA) is 3.24 Å². The van der Waals surface area contributed by atoms with Crippen molar-refractivity contribution in [3.05, 3.63) is 29.6 Å². The fraction of sp³-hybridized carbons (Fsp3) is 0.538. The maximum absolute atomic E-state index is 13.8. The number of rotatable bonds is 2. The van der Waals surface area contributed by atoms with Crippen LogP contribution in [0.4, 0.5) is 18.9 Å². The number of alkyl halides is 2. The molecule has 1 aliphatic rings. The van der Waals surface area contributed by atoms with E-state index in [4.69, 9.17) is 0 Å². The lowest BCUT2D eigenvalue weighted by Gasteiger charge is -2.33. The van der Waals surface area contributed by atoms with Gasteiger partial charge in [-0.05, 0) is 24.1 Å². The Kier molecular flexibility index (Phi) is 3.31. The van der Waals surface area contributed by atoms with Gasteiger partial charge in [-0.3, -0.25) is 0 Å². The van der Waals surface area contributed by atoms with Crippen molar-refractivity contribution >= 4 is 5.69 Å². The van der Waals surface area contributed by atoms with E-state index in [0.29, 0.717) is 5.69 Å². The van der Waals surface area contributed by atoms with Crippen LogP contribution in [0, 0.1) is 5.82 Å². The molecule has 0 radical (unpaired) electrons. The van der Waals surface area contributed by atoms with Gasteiger partial charge in [0.2, 0.25) is 0 Å². The Morgan fingerprint density at radius 3 is 2.41 bits per heavy atom. The molecule has 0 saturated carbocycles. The summed E-state index contributed by atoms with van der Waals surface area (Å²) in [5.41, 5.74) is 1.37. The summed E-state index contributed by atoms with van der Waals surface area (Å²) in [6, 6.07) is 5.03. The minimum atomic E-state index is -2.59. The van der Waals surface area contributed by atoms with Crippen molar-refractivity contribution < 1.29 is 13.2 Å². The Labute approximate surface area is 99.2 Å². The lowest BCUT2D eigenvalue weighted by Crippen LogP contribution is -2.39. The highest BCUT2D eigenvalue weighted by molar-refractivity contribution is 5.49. The molecule has 0 N–H and O–H groups in total. The van der Waals surface area contributed by atoms with E-state index in [0.717, 1.165) is 12.0 Å². The van der Waals surface area contributed by atoms with Gasteiger partial charge in [0.15, 0.2) is 0 Å². The molecule has 2 rings (SSSR count). The highest BCUT2D eigenvalue weighted by Crippen LogP contribution is 2.31. The van der Waals surface area contributed by atoms with Gasteiger partial charge < -0.3 is 4.90 Å². The van der Waals surface area contributed by atoms with Crippen molar-refractivity contribution in [1.82, 2.24) is 0 Å². The third-order valence-corrected chi connectivity index (χ3v) is 3.26. The number of aryl methyl sites for hydroxylation is 1. The highest BCUT2D eigenvalue weighted by Gasteiger charge is 2.34. The molecule has 0 atom stereocenters. The lowest BCUT2D eigenvalue weighted by atomic mass is 10.1. The van der Waals surface area contributed by atoms with Crippen LogP contribution in [0.1, 0.15) is 25.3 Å². The summed E-state index contributed by atoms with van der Waals surface area (Å²) in [6.45, 7) is 2.39. The van der Waals surface area contributed by atoms with Crippen LogP contribution in [0.3, 0.4) is 0 Å². The van der Waals surface area contributed by atoms with Gasteiger partial charge in [0.25, 0.3) is 5.92 Å². The quantitative estimate of drug-likeness (QED) is 0.766. The molecule has 1 fully saturated rings. The van der Waals surface area contributed by atoms with E-state index in [2.05, 4.69) is 0 Å². The SMILES string of the molecule is CCc1ccc(N2CCC(F)(F)CC2)c(F)c1. The first-order chi connectivity index (χ1) is 8.02. The maximum atomic E-state index is 13.8. The standard InChI is InChI=1S/C13H16F3N/c1-2-10-3-4-12(11(14)9-10)17-7-5-13(15,16)6-8-17/h3-4,9H,2,5-8H2,1H3. The van der Waals surface area contributed by atoms with Gasteiger partial charge in [0.05, 0.1) is 5.69 Å². The van der Waals surface area contributed by atoms with Crippen molar-refractivity contribution in [2.75, 3.05) is 18.0 Å². The molecular formula is C13H16F3N. The van der Waals surface area contributed by atoms with Crippen LogP contribution in [-0.2, 0) is 6.42 Å². The van der Waals surface area contributed by atoms with Crippen molar-refractivity contribution in [1.29, 1.82) is 0 Å². The van der Waals surface area contributed by atoms with E-state index >= 15 is 0 Å². The predicted octanol–water partition coefficient (Wildman–Crippen LogP) is 3.62. The molecule has 17 heavy (non-hydrogen) atoms. The minimum absolute atomic E-state index is 0.192. The zero-order chi connectivity index (χ0) is 12.5. The Morgan fingerprint density at radius 2 is 1.88 bits per heavy atom. The zero-order valence-electron chi connectivity index (χ0n) is 9.85. The van der Waals surface area contributed by atoms with Gasteiger partial charge in [-0.1, -0.05) is 13.0 Å². The summed E-state index contributed by atoms with van der Waals surface area (Å²) < 4.78 is 39.8. The summed E-state index contributed by atoms with van der Waals surface area (Å²) in [7, 11) is 0. The highest BCUT2D eigenvalue weighted by atomic mass is 19.3. The molecule has 1 aromatic carbocycles. The predicted molar refractivity (Wildman–Crippen MR) is 62.2 cm³/mol. The Bertz CT molecular complexity index is 394. The molecule has 0 unspecified atom stereocenters. The van der Waals surface area contributed by atoms with Crippen LogP contribution < -0.4 is 4.90 Å². The third-order valence-electron chi connectivity index (χ3n) is 3.26. The number of benzene rings is 1. The van der Waals surface area contributed by atoms with Crippen LogP contribution >= 0.6 is 0 Å². The van der Waals surface area contributed by atoms with E-state index < -0.39 is 5.92 Å². The van der Waals surface area contributed by atoms with Crippen molar-refractivity contribution in [2.45, 2.75) is 32.1 Å². The lowest BCUT2D eigenvalue weighted by molar-refractivity contribution is -0.0221. The molecule has 1 nitrogen and oxygen atoms in total. The summed E-state index contributed by atoms with van der Waals surface area (Å²) in [5, 5.41) is 0. The van der Waals surface area contributed by atoms with Gasteiger partial charge in [-0.15, -0.1) is 0 Å². The zero-order valence-corrected chi connectivity index (χ0v) is 9.85. The van der Waals surface area contributed by atoms with Crippen LogP contribution in [0.15, 0.2) is 18.2 Å². The molecular weight excluding hydrogens is 227 g/mol. The molecule has 0 aromatic heterocycles. The van der Waals surface area contributed by atoms with Crippen LogP contribution in [0.5, 0.6) is 0 Å². The fourth-order valence-corrected chi connectivity index (χ4v) is 2.10. The van der Waals surface area contributed by atoms with E-state index in [9.17, 15) is 13.2 Å². The molecule has 1 aliphatic heterocycles. The largest absolute Gasteiger partial charge is 0.369 e. The number of hydrogen-bond donors (Lipinski definition) is 0. The smallest absolute Gasteiger partial charge is 0.251 e. The fourth-order valence-electron chi connectivity index (χ4n) is 2.10. The first kappa shape index (κ1) is 12.3. The van der Waals surface area contributed by atoms with Gasteiger partial charge in [0, 0.05) is 25.9 Å². The van der Waals surface area contributed by atoms with E-state index in [1.54, 1.807) is 11.0 Å². The molecule has 1 aromatic rings. The summed E-state index contributed by atoms with van der Waals surface area (Å²) >= 11 is 0. The van der Waals surface area contributed by atoms with E-state index in [1.165, 1.54) is 6.07 Å². The molecule has 0 spiro atoms. The third kappa shape index (κ3) is 2.73. The normalized spacial score (nSPS) is 19.4. The maximum Gasteiger partial charge on any atom is 0.251 e. The summed E-state index contributed by atoms with van der Waals surface area (Å²) in [5.74, 6) is -2.90. The number of anilines is 1. The van der Waals surface area contributed by atoms with Gasteiger partial charge in [-0.2, -0.15) is 0 Å². The second-order valence-electron chi connectivity index (χ2n) is 4.48. The summed E-state index contributed by atoms with van der Waals surface area (Å²) in [6.07, 6.45) is 0.388. The number of hydrogen-bond acceptors (Lipinski definition) is 1. The monoisotopic (exact) mass is 243 g/mol. The second-order valence-corrected chi connectivity index (χ2v) is 4.48. The molecule has 0 aliphatic carbocycles. The van der Waals surface area contributed by atoms with E-state index in [-0.39, 0.29) is 31.7 Å². The number of nitrogens with zero attached hydrogens (tertiary/aromatic N) is 1. The average molecular weight is 243 g/mol. The molecule has 0 bridgehead atoms. The molecule has 4 heteroatoms. The van der Waals surface area contributed by atoms with Gasteiger partial charge in [0.1, 0.15) is 5.82 Å². The molecule has 0 amide bonds. The van der Waals surface area contributed by atoms with Crippen LogP contribution in [0.2, 0.25) is 0 Å². The van der Waals surface area contributed by atoms with Crippen molar-refractivity contribution in [2.24, 2.45) is 0 Å². The minimum Gasteiger partial charge on any atom is -0.369 e. The van der Waals surface area contributed by atoms with Crippen LogP contribution in [-0.4, -0.2) is 19.0 Å². The summed E-state index contributed by atoms with van der Waals surface area (Å²) in [4.78, 5) is 1.70. The molecule has 94 valence electrons. The number of piperidine rings is 1. The molecule has 1 heterocycles. The number of halogens is 3. The average Bonchev–Trinajstić information content (AvgIpc) is 2.29. The van der Waals surface area contributed by atoms with Gasteiger partial charge >= 0.3 is 0 Å².